The van der Waals surface area contributed by atoms with Crippen LogP contribution >= 0.6 is 11.6 Å². The first-order chi connectivity index (χ1) is 10.1. The minimum atomic E-state index is -2.71. The van der Waals surface area contributed by atoms with Crippen molar-refractivity contribution in [3.63, 3.8) is 0 Å². The lowest BCUT2D eigenvalue weighted by molar-refractivity contribution is 0.0666. The molecule has 0 atom stereocenters. The molecule has 2 aromatic heterocycles. The van der Waals surface area contributed by atoms with Crippen LogP contribution in [0.2, 0.25) is 5.02 Å². The van der Waals surface area contributed by atoms with E-state index in [1.165, 1.54) is 23.2 Å². The summed E-state index contributed by atoms with van der Waals surface area (Å²) in [5.41, 5.74) is 0.143. The van der Waals surface area contributed by atoms with Gasteiger partial charge in [-0.3, -0.25) is 13.9 Å². The lowest BCUT2D eigenvalue weighted by Crippen LogP contribution is -2.23. The average molecular weight is 311 g/mol. The molecule has 2 heterocycles. The fourth-order valence-electron chi connectivity index (χ4n) is 2.04. The van der Waals surface area contributed by atoms with Crippen molar-refractivity contribution < 1.29 is 8.78 Å². The van der Waals surface area contributed by atoms with Crippen molar-refractivity contribution in [3.05, 3.63) is 58.1 Å². The summed E-state index contributed by atoms with van der Waals surface area (Å²) in [6, 6.07) is 4.76. The van der Waals surface area contributed by atoms with Gasteiger partial charge in [-0.25, -0.2) is 9.97 Å². The second-order valence-corrected chi connectivity index (χ2v) is 4.80. The van der Waals surface area contributed by atoms with E-state index in [1.807, 2.05) is 0 Å². The van der Waals surface area contributed by atoms with Gasteiger partial charge < -0.3 is 0 Å². The molecular formula is C13H9ClF2N4O. The number of hydrogen-bond acceptors (Lipinski definition) is 3. The zero-order valence-corrected chi connectivity index (χ0v) is 11.3. The molecule has 0 aliphatic carbocycles. The lowest BCUT2D eigenvalue weighted by Gasteiger charge is -2.09. The van der Waals surface area contributed by atoms with E-state index in [2.05, 4.69) is 9.97 Å². The summed E-state index contributed by atoms with van der Waals surface area (Å²) in [6.45, 7) is -2.80. The summed E-state index contributed by atoms with van der Waals surface area (Å²) in [7, 11) is 0. The van der Waals surface area contributed by atoms with Crippen LogP contribution < -0.4 is 5.56 Å². The zero-order chi connectivity index (χ0) is 15.0. The van der Waals surface area contributed by atoms with E-state index in [1.54, 1.807) is 12.1 Å². The maximum Gasteiger partial charge on any atom is 0.319 e. The monoisotopic (exact) mass is 310 g/mol. The maximum atomic E-state index is 12.8. The van der Waals surface area contributed by atoms with Gasteiger partial charge in [0.2, 0.25) is 0 Å². The molecule has 1 aromatic carbocycles. The van der Waals surface area contributed by atoms with E-state index in [0.717, 1.165) is 6.20 Å². The number of nitrogens with zero attached hydrogens (tertiary/aromatic N) is 4. The van der Waals surface area contributed by atoms with Crippen molar-refractivity contribution in [2.24, 2.45) is 0 Å². The first kappa shape index (κ1) is 13.7. The number of fused-ring (bicyclic) bond motifs is 1. The Balaban J connectivity index is 2.07. The van der Waals surface area contributed by atoms with Gasteiger partial charge in [-0.05, 0) is 18.2 Å². The van der Waals surface area contributed by atoms with Crippen LogP contribution in [0.4, 0.5) is 8.78 Å². The third-order valence-corrected chi connectivity index (χ3v) is 3.29. The Morgan fingerprint density at radius 2 is 2.10 bits per heavy atom. The maximum absolute atomic E-state index is 12.8. The fraction of sp³-hybridized carbons (Fsp3) is 0.154. The molecule has 0 aliphatic heterocycles. The highest BCUT2D eigenvalue weighted by atomic mass is 35.5. The molecule has 0 spiro atoms. The second-order valence-electron chi connectivity index (χ2n) is 4.37. The Labute approximate surface area is 122 Å². The number of hydrogen-bond donors (Lipinski definition) is 0. The van der Waals surface area contributed by atoms with Gasteiger partial charge >= 0.3 is 6.55 Å². The topological polar surface area (TPSA) is 52.7 Å². The van der Waals surface area contributed by atoms with Crippen LogP contribution in [0.5, 0.6) is 0 Å². The summed E-state index contributed by atoms with van der Waals surface area (Å²) in [4.78, 5) is 20.3. The summed E-state index contributed by atoms with van der Waals surface area (Å²) in [5, 5.41) is 0.744. The van der Waals surface area contributed by atoms with E-state index in [0.29, 0.717) is 20.5 Å². The van der Waals surface area contributed by atoms with Crippen LogP contribution in [0.15, 0.2) is 41.7 Å². The van der Waals surface area contributed by atoms with E-state index < -0.39 is 6.55 Å². The van der Waals surface area contributed by atoms with Crippen LogP contribution in [0.3, 0.4) is 0 Å². The number of halogens is 3. The van der Waals surface area contributed by atoms with Crippen LogP contribution in [-0.4, -0.2) is 19.1 Å². The smallest absolute Gasteiger partial charge is 0.291 e. The van der Waals surface area contributed by atoms with E-state index in [9.17, 15) is 13.6 Å². The lowest BCUT2D eigenvalue weighted by atomic mass is 10.2. The zero-order valence-electron chi connectivity index (χ0n) is 10.6. The number of rotatable bonds is 3. The largest absolute Gasteiger partial charge is 0.319 e. The molecule has 3 aromatic rings. The Hall–Kier alpha value is -2.28. The predicted octanol–water partition coefficient (Wildman–Crippen LogP) is 2.69. The summed E-state index contributed by atoms with van der Waals surface area (Å²) in [6.07, 6.45) is 3.73. The molecule has 0 saturated carbocycles. The Morgan fingerprint density at radius 3 is 2.86 bits per heavy atom. The summed E-state index contributed by atoms with van der Waals surface area (Å²) in [5.74, 6) is 0.0790. The molecule has 0 bridgehead atoms. The van der Waals surface area contributed by atoms with Crippen molar-refractivity contribution in [2.75, 3.05) is 0 Å². The average Bonchev–Trinajstić information content (AvgIpc) is 2.91. The van der Waals surface area contributed by atoms with Crippen molar-refractivity contribution in [2.45, 2.75) is 13.1 Å². The van der Waals surface area contributed by atoms with Gasteiger partial charge in [0.1, 0.15) is 5.82 Å². The van der Waals surface area contributed by atoms with Crippen LogP contribution in [0, 0.1) is 0 Å². The van der Waals surface area contributed by atoms with Crippen molar-refractivity contribution in [1.82, 2.24) is 19.1 Å². The quantitative estimate of drug-likeness (QED) is 0.747. The summed E-state index contributed by atoms with van der Waals surface area (Å²) < 4.78 is 27.5. The number of imidazole rings is 1. The van der Waals surface area contributed by atoms with Gasteiger partial charge in [0, 0.05) is 17.4 Å². The van der Waals surface area contributed by atoms with Crippen molar-refractivity contribution in [3.8, 4) is 0 Å². The molecule has 0 saturated heterocycles. The molecule has 3 rings (SSSR count). The molecule has 108 valence electrons. The Kier molecular flexibility index (Phi) is 3.42. The first-order valence-corrected chi connectivity index (χ1v) is 6.38. The minimum absolute atomic E-state index is 0.0790. The van der Waals surface area contributed by atoms with Crippen LogP contribution in [0.1, 0.15) is 12.4 Å². The van der Waals surface area contributed by atoms with Gasteiger partial charge in [0.25, 0.3) is 5.56 Å². The van der Waals surface area contributed by atoms with Gasteiger partial charge in [-0.2, -0.15) is 8.78 Å². The number of benzene rings is 1. The Bertz CT molecular complexity index is 859. The number of aromatic nitrogens is 4. The highest BCUT2D eigenvalue weighted by molar-refractivity contribution is 6.31. The van der Waals surface area contributed by atoms with Crippen molar-refractivity contribution >= 4 is 22.5 Å². The fourth-order valence-corrected chi connectivity index (χ4v) is 2.21. The van der Waals surface area contributed by atoms with Crippen LogP contribution in [0.25, 0.3) is 10.9 Å². The summed E-state index contributed by atoms with van der Waals surface area (Å²) >= 11 is 5.86. The van der Waals surface area contributed by atoms with Gasteiger partial charge in [-0.1, -0.05) is 11.6 Å². The molecule has 0 aliphatic rings. The van der Waals surface area contributed by atoms with Crippen LogP contribution in [-0.2, 0) is 6.54 Å². The molecule has 0 radical (unpaired) electrons. The third kappa shape index (κ3) is 2.52. The van der Waals surface area contributed by atoms with Gasteiger partial charge in [0.05, 0.1) is 23.8 Å². The van der Waals surface area contributed by atoms with E-state index in [4.69, 9.17) is 11.6 Å². The molecule has 0 fully saturated rings. The minimum Gasteiger partial charge on any atom is -0.291 e. The SMILES string of the molecule is O=c1c2cc(Cl)ccc2ncn1Cc1nccn1C(F)F. The number of alkyl halides is 2. The van der Waals surface area contributed by atoms with E-state index in [-0.39, 0.29) is 17.9 Å². The highest BCUT2D eigenvalue weighted by Gasteiger charge is 2.13. The molecule has 0 unspecified atom stereocenters. The molecule has 5 nitrogen and oxygen atoms in total. The molecule has 8 heteroatoms. The standard InChI is InChI=1S/C13H9ClF2N4O/c14-8-1-2-10-9(5-8)12(21)19(7-18-10)6-11-17-3-4-20(11)13(15)16/h1-5,7,13H,6H2. The molecular weight excluding hydrogens is 302 g/mol. The first-order valence-electron chi connectivity index (χ1n) is 6.01. The highest BCUT2D eigenvalue weighted by Crippen LogP contribution is 2.15. The van der Waals surface area contributed by atoms with E-state index >= 15 is 0 Å². The Morgan fingerprint density at radius 1 is 1.29 bits per heavy atom. The van der Waals surface area contributed by atoms with Gasteiger partial charge in [-0.15, -0.1) is 0 Å². The predicted molar refractivity (Wildman–Crippen MR) is 73.6 cm³/mol. The molecule has 0 N–H and O–H groups in total. The molecule has 21 heavy (non-hydrogen) atoms. The van der Waals surface area contributed by atoms with Crippen molar-refractivity contribution in [1.29, 1.82) is 0 Å². The van der Waals surface area contributed by atoms with Gasteiger partial charge in [0.15, 0.2) is 0 Å². The second kappa shape index (κ2) is 5.25. The third-order valence-electron chi connectivity index (χ3n) is 3.06. The molecule has 0 amide bonds. The normalized spacial score (nSPS) is 11.4.